The summed E-state index contributed by atoms with van der Waals surface area (Å²) in [7, 11) is 1.49. The molecule has 0 aliphatic carbocycles. The lowest BCUT2D eigenvalue weighted by Gasteiger charge is -2.14. The largest absolute Gasteiger partial charge is 0.569 e. The third-order valence-corrected chi connectivity index (χ3v) is 2.96. The number of carbonyl (C=O) groups is 2. The Bertz CT molecular complexity index is 564. The van der Waals surface area contributed by atoms with Crippen molar-refractivity contribution in [3.8, 4) is 0 Å². The standard InChI is InChI=1S/C15H21N3O6/c1-12(23-15(21)13-8-4-3-5-9-13)24-16-18(22)17(2)11-7-6-10-14(19)20/h3-5,8-9,12H,6-7,10-11H2,1-2H3,(H,19,20)/b18-16-. The number of rotatable bonds is 10. The van der Waals surface area contributed by atoms with Gasteiger partial charge in [0.1, 0.15) is 0 Å². The molecule has 9 heteroatoms. The van der Waals surface area contributed by atoms with Gasteiger partial charge in [-0.25, -0.2) is 4.79 Å². The molecule has 0 spiro atoms. The summed E-state index contributed by atoms with van der Waals surface area (Å²) in [6.07, 6.45) is -0.00317. The molecule has 1 rings (SSSR count). The Morgan fingerprint density at radius 1 is 1.33 bits per heavy atom. The molecule has 1 unspecified atom stereocenters. The number of unbranched alkanes of at least 4 members (excludes halogenated alkanes) is 1. The van der Waals surface area contributed by atoms with E-state index in [9.17, 15) is 14.8 Å². The van der Waals surface area contributed by atoms with Crippen molar-refractivity contribution in [3.05, 3.63) is 41.1 Å². The maximum atomic E-state index is 11.8. The van der Waals surface area contributed by atoms with E-state index in [1.54, 1.807) is 30.3 Å². The predicted molar refractivity (Wildman–Crippen MR) is 82.6 cm³/mol. The maximum absolute atomic E-state index is 11.8. The first-order chi connectivity index (χ1) is 11.4. The van der Waals surface area contributed by atoms with Crippen LogP contribution in [-0.4, -0.2) is 46.9 Å². The number of benzene rings is 1. The first kappa shape index (κ1) is 19.2. The van der Waals surface area contributed by atoms with E-state index in [0.29, 0.717) is 24.9 Å². The van der Waals surface area contributed by atoms with Crippen LogP contribution in [0.1, 0.15) is 36.5 Å². The number of nitrogens with zero attached hydrogens (tertiary/aromatic N) is 3. The molecule has 0 fully saturated rings. The molecule has 0 bridgehead atoms. The number of esters is 1. The molecule has 24 heavy (non-hydrogen) atoms. The number of hydrazine groups is 1. The Labute approximate surface area is 139 Å². The first-order valence-corrected chi connectivity index (χ1v) is 7.43. The lowest BCUT2D eigenvalue weighted by Crippen LogP contribution is -2.28. The van der Waals surface area contributed by atoms with Crippen molar-refractivity contribution in [2.45, 2.75) is 32.5 Å². The van der Waals surface area contributed by atoms with Gasteiger partial charge in [-0.05, 0) is 25.0 Å². The van der Waals surface area contributed by atoms with Crippen molar-refractivity contribution < 1.29 is 29.2 Å². The summed E-state index contributed by atoms with van der Waals surface area (Å²) < 4.78 is 4.99. The Morgan fingerprint density at radius 3 is 2.62 bits per heavy atom. The number of hydrogen-bond acceptors (Lipinski definition) is 6. The van der Waals surface area contributed by atoms with Crippen LogP contribution in [-0.2, 0) is 14.4 Å². The highest BCUT2D eigenvalue weighted by Crippen LogP contribution is 2.05. The van der Waals surface area contributed by atoms with Gasteiger partial charge in [0, 0.05) is 13.3 Å². The van der Waals surface area contributed by atoms with Crippen molar-refractivity contribution in [2.75, 3.05) is 13.6 Å². The predicted octanol–water partition coefficient (Wildman–Crippen LogP) is 2.19. The van der Waals surface area contributed by atoms with Crippen molar-refractivity contribution in [1.82, 2.24) is 5.01 Å². The highest BCUT2D eigenvalue weighted by atomic mass is 16.8. The molecule has 0 amide bonds. The van der Waals surface area contributed by atoms with E-state index < -0.39 is 18.2 Å². The minimum Gasteiger partial charge on any atom is -0.569 e. The summed E-state index contributed by atoms with van der Waals surface area (Å²) in [5, 5.41) is 24.7. The van der Waals surface area contributed by atoms with Gasteiger partial charge in [0.05, 0.1) is 24.1 Å². The fraction of sp³-hybridized carbons (Fsp3) is 0.467. The van der Waals surface area contributed by atoms with Crippen LogP contribution in [0.5, 0.6) is 0 Å². The number of carboxylic acid groups (broad SMARTS) is 1. The average Bonchev–Trinajstić information content (AvgIpc) is 2.56. The second kappa shape index (κ2) is 10.0. The molecule has 9 nitrogen and oxygen atoms in total. The zero-order valence-corrected chi connectivity index (χ0v) is 13.6. The molecule has 0 saturated carbocycles. The molecule has 0 aliphatic heterocycles. The van der Waals surface area contributed by atoms with Gasteiger partial charge in [-0.1, -0.05) is 18.2 Å². The smallest absolute Gasteiger partial charge is 0.341 e. The van der Waals surface area contributed by atoms with E-state index in [1.165, 1.54) is 19.0 Å². The maximum Gasteiger partial charge on any atom is 0.341 e. The van der Waals surface area contributed by atoms with Gasteiger partial charge >= 0.3 is 11.9 Å². The normalized spacial score (nSPS) is 12.3. The van der Waals surface area contributed by atoms with Crippen molar-refractivity contribution in [1.29, 1.82) is 0 Å². The van der Waals surface area contributed by atoms with Gasteiger partial charge in [-0.15, -0.1) is 5.01 Å². The van der Waals surface area contributed by atoms with Crippen LogP contribution in [0.3, 0.4) is 0 Å². The van der Waals surface area contributed by atoms with E-state index in [4.69, 9.17) is 14.7 Å². The average molecular weight is 339 g/mol. The van der Waals surface area contributed by atoms with Crippen LogP contribution in [0.25, 0.3) is 0 Å². The first-order valence-electron chi connectivity index (χ1n) is 7.43. The van der Waals surface area contributed by atoms with Gasteiger partial charge < -0.3 is 15.1 Å². The topological polar surface area (TPSA) is 114 Å². The van der Waals surface area contributed by atoms with Gasteiger partial charge in [0.15, 0.2) is 0 Å². The molecular weight excluding hydrogens is 318 g/mol. The lowest BCUT2D eigenvalue weighted by atomic mass is 10.2. The Kier molecular flexibility index (Phi) is 8.03. The molecule has 0 radical (unpaired) electrons. The molecule has 0 heterocycles. The van der Waals surface area contributed by atoms with E-state index in [-0.39, 0.29) is 11.4 Å². The summed E-state index contributed by atoms with van der Waals surface area (Å²) >= 11 is 0. The zero-order valence-electron chi connectivity index (χ0n) is 13.6. The minimum absolute atomic E-state index is 0.0484. The minimum atomic E-state index is -1.03. The highest BCUT2D eigenvalue weighted by Gasteiger charge is 2.14. The molecule has 1 aromatic rings. The van der Waals surface area contributed by atoms with Crippen molar-refractivity contribution >= 4 is 11.9 Å². The molecule has 0 aromatic heterocycles. The summed E-state index contributed by atoms with van der Waals surface area (Å²) in [5.41, 5.74) is 0.363. The number of aliphatic carboxylic acids is 1. The molecule has 0 aliphatic rings. The second-order valence-corrected chi connectivity index (χ2v) is 5.01. The third-order valence-electron chi connectivity index (χ3n) is 2.96. The van der Waals surface area contributed by atoms with E-state index >= 15 is 0 Å². The lowest BCUT2D eigenvalue weighted by molar-refractivity contribution is -0.707. The Morgan fingerprint density at radius 2 is 2.00 bits per heavy atom. The zero-order chi connectivity index (χ0) is 17.9. The number of carboxylic acids is 1. The Hall–Kier alpha value is -2.84. The third kappa shape index (κ3) is 7.43. The summed E-state index contributed by atoms with van der Waals surface area (Å²) in [5.74, 6) is -1.46. The summed E-state index contributed by atoms with van der Waals surface area (Å²) in [6.45, 7) is 1.76. The van der Waals surface area contributed by atoms with Gasteiger partial charge in [0.25, 0.3) is 6.29 Å². The number of hydrogen-bond donors (Lipinski definition) is 1. The van der Waals surface area contributed by atoms with Crippen molar-refractivity contribution in [2.24, 2.45) is 5.28 Å². The van der Waals surface area contributed by atoms with Crippen molar-refractivity contribution in [3.63, 3.8) is 0 Å². The van der Waals surface area contributed by atoms with Gasteiger partial charge in [0.2, 0.25) is 5.28 Å². The fourth-order valence-electron chi connectivity index (χ4n) is 1.69. The van der Waals surface area contributed by atoms with Crippen LogP contribution in [0.4, 0.5) is 0 Å². The molecule has 1 aromatic carbocycles. The van der Waals surface area contributed by atoms with Crippen LogP contribution in [0.2, 0.25) is 0 Å². The monoisotopic (exact) mass is 339 g/mol. The van der Waals surface area contributed by atoms with E-state index in [2.05, 4.69) is 5.28 Å². The van der Waals surface area contributed by atoms with Crippen LogP contribution in [0.15, 0.2) is 35.6 Å². The molecule has 1 atom stereocenters. The SMILES string of the molecule is CC(O/N=[N+](\[O-])N(C)CCCCC(=O)O)OC(=O)c1ccccc1. The quantitative estimate of drug-likeness (QED) is 0.173. The Balaban J connectivity index is 2.35. The van der Waals surface area contributed by atoms with Gasteiger partial charge in [-0.2, -0.15) is 0 Å². The summed E-state index contributed by atoms with van der Waals surface area (Å²) in [4.78, 5) is 27.2. The van der Waals surface area contributed by atoms with Crippen LogP contribution >= 0.6 is 0 Å². The highest BCUT2D eigenvalue weighted by molar-refractivity contribution is 5.89. The number of carbonyl (C=O) groups excluding carboxylic acids is 1. The molecule has 132 valence electrons. The molecular formula is C15H21N3O6. The second-order valence-electron chi connectivity index (χ2n) is 5.01. The van der Waals surface area contributed by atoms with E-state index in [1.807, 2.05) is 0 Å². The summed E-state index contributed by atoms with van der Waals surface area (Å²) in [6, 6.07) is 8.36. The van der Waals surface area contributed by atoms with Crippen LogP contribution < -0.4 is 0 Å². The molecule has 0 saturated heterocycles. The van der Waals surface area contributed by atoms with Gasteiger partial charge in [-0.3, -0.25) is 9.63 Å². The fourth-order valence-corrected chi connectivity index (χ4v) is 1.69. The number of ether oxygens (including phenoxy) is 1. The van der Waals surface area contributed by atoms with E-state index in [0.717, 1.165) is 0 Å². The molecule has 1 N–H and O–H groups in total. The van der Waals surface area contributed by atoms with Crippen LogP contribution in [0, 0.1) is 5.21 Å².